The number of hydrogen-bond donors (Lipinski definition) is 1. The first kappa shape index (κ1) is 20.2. The van der Waals surface area contributed by atoms with Crippen molar-refractivity contribution < 1.29 is 13.2 Å². The van der Waals surface area contributed by atoms with E-state index in [0.717, 1.165) is 5.56 Å². The van der Waals surface area contributed by atoms with Gasteiger partial charge in [0, 0.05) is 10.0 Å². The fourth-order valence-electron chi connectivity index (χ4n) is 3.57. The van der Waals surface area contributed by atoms with Crippen molar-refractivity contribution in [1.29, 1.82) is 0 Å². The van der Waals surface area contributed by atoms with E-state index < -0.39 is 20.5 Å². The zero-order valence-corrected chi connectivity index (χ0v) is 17.2. The molecule has 1 saturated carbocycles. The Labute approximate surface area is 169 Å². The number of amides is 1. The largest absolute Gasteiger partial charge is 0.348 e. The van der Waals surface area contributed by atoms with Crippen LogP contribution in [0.25, 0.3) is 0 Å². The fourth-order valence-corrected chi connectivity index (χ4v) is 5.89. The number of sulfone groups is 1. The van der Waals surface area contributed by atoms with E-state index in [0.29, 0.717) is 35.7 Å². The van der Waals surface area contributed by atoms with Crippen LogP contribution in [-0.4, -0.2) is 19.1 Å². The molecule has 2 aromatic carbocycles. The number of nitrogens with one attached hydrogen (secondary N) is 1. The van der Waals surface area contributed by atoms with Crippen molar-refractivity contribution in [2.75, 3.05) is 0 Å². The highest BCUT2D eigenvalue weighted by molar-refractivity contribution is 7.93. The van der Waals surface area contributed by atoms with Gasteiger partial charge < -0.3 is 5.32 Å². The van der Waals surface area contributed by atoms with Crippen LogP contribution in [-0.2, 0) is 14.6 Å². The molecule has 0 heterocycles. The molecule has 0 unspecified atom stereocenters. The number of rotatable bonds is 5. The topological polar surface area (TPSA) is 63.2 Å². The van der Waals surface area contributed by atoms with E-state index in [1.54, 1.807) is 12.1 Å². The fraction of sp³-hybridized carbons (Fsp3) is 0.350. The Morgan fingerprint density at radius 2 is 1.44 bits per heavy atom. The lowest BCUT2D eigenvalue weighted by Crippen LogP contribution is -2.51. The molecule has 4 nitrogen and oxygen atoms in total. The van der Waals surface area contributed by atoms with Gasteiger partial charge in [0.15, 0.2) is 14.6 Å². The van der Waals surface area contributed by atoms with Crippen molar-refractivity contribution in [2.45, 2.75) is 48.3 Å². The van der Waals surface area contributed by atoms with Crippen LogP contribution in [0, 0.1) is 0 Å². The zero-order valence-electron chi connectivity index (χ0n) is 14.9. The van der Waals surface area contributed by atoms with Crippen molar-refractivity contribution in [3.8, 4) is 0 Å². The highest BCUT2D eigenvalue weighted by atomic mass is 35.5. The first-order valence-corrected chi connectivity index (χ1v) is 11.1. The Balaban J connectivity index is 1.90. The van der Waals surface area contributed by atoms with E-state index in [2.05, 4.69) is 5.32 Å². The van der Waals surface area contributed by atoms with E-state index >= 15 is 0 Å². The highest BCUT2D eigenvalue weighted by Crippen LogP contribution is 2.41. The van der Waals surface area contributed by atoms with Gasteiger partial charge in [-0.3, -0.25) is 4.79 Å². The Bertz CT molecular complexity index is 919. The summed E-state index contributed by atoms with van der Waals surface area (Å²) >= 11 is 11.8. The van der Waals surface area contributed by atoms with Gasteiger partial charge in [-0.15, -0.1) is 0 Å². The second-order valence-corrected chi connectivity index (χ2v) is 10.0. The summed E-state index contributed by atoms with van der Waals surface area (Å²) in [5.74, 6) is -0.447. The molecule has 27 heavy (non-hydrogen) atoms. The standard InChI is InChI=1S/C20H21Cl2NO3S/c1-14(15-4-6-16(21)7-5-15)23-19(24)20(12-2-3-13-20)27(25,26)18-10-8-17(22)9-11-18/h4-11,14H,2-3,12-13H2,1H3,(H,23,24)/t14-/m0/s1. The molecule has 1 N–H and O–H groups in total. The molecule has 2 aromatic rings. The first-order chi connectivity index (χ1) is 12.8. The van der Waals surface area contributed by atoms with Crippen molar-refractivity contribution >= 4 is 38.9 Å². The summed E-state index contributed by atoms with van der Waals surface area (Å²) in [6.45, 7) is 1.83. The van der Waals surface area contributed by atoms with E-state index in [9.17, 15) is 13.2 Å². The number of hydrogen-bond acceptors (Lipinski definition) is 3. The summed E-state index contributed by atoms with van der Waals surface area (Å²) in [6.07, 6.45) is 2.04. The van der Waals surface area contributed by atoms with E-state index in [1.165, 1.54) is 24.3 Å². The maximum absolute atomic E-state index is 13.4. The molecule has 0 aliphatic heterocycles. The summed E-state index contributed by atoms with van der Waals surface area (Å²) in [4.78, 5) is 13.3. The maximum Gasteiger partial charge on any atom is 0.242 e. The summed E-state index contributed by atoms with van der Waals surface area (Å²) in [5.41, 5.74) is 0.866. The zero-order chi connectivity index (χ0) is 19.7. The Morgan fingerprint density at radius 3 is 1.96 bits per heavy atom. The minimum atomic E-state index is -3.84. The van der Waals surface area contributed by atoms with Gasteiger partial charge in [0.2, 0.25) is 5.91 Å². The quantitative estimate of drug-likeness (QED) is 0.735. The van der Waals surface area contributed by atoms with Gasteiger partial charge in [-0.25, -0.2) is 8.42 Å². The molecule has 3 rings (SSSR count). The number of carbonyl (C=O) groups is 1. The third kappa shape index (κ3) is 3.86. The number of halogens is 2. The van der Waals surface area contributed by atoms with Crippen molar-refractivity contribution in [2.24, 2.45) is 0 Å². The Kier molecular flexibility index (Phi) is 5.84. The lowest BCUT2D eigenvalue weighted by molar-refractivity contribution is -0.124. The Morgan fingerprint density at radius 1 is 0.963 bits per heavy atom. The van der Waals surface area contributed by atoms with Gasteiger partial charge in [0.05, 0.1) is 10.9 Å². The molecule has 1 amide bonds. The van der Waals surface area contributed by atoms with E-state index in [4.69, 9.17) is 23.2 Å². The minimum absolute atomic E-state index is 0.128. The molecule has 144 valence electrons. The van der Waals surface area contributed by atoms with E-state index in [-0.39, 0.29) is 10.9 Å². The predicted molar refractivity (Wildman–Crippen MR) is 108 cm³/mol. The highest BCUT2D eigenvalue weighted by Gasteiger charge is 2.53. The predicted octanol–water partition coefficient (Wildman–Crippen LogP) is 4.96. The molecule has 0 bridgehead atoms. The summed E-state index contributed by atoms with van der Waals surface area (Å²) in [5, 5.41) is 3.96. The molecule has 1 atom stereocenters. The van der Waals surface area contributed by atoms with Gasteiger partial charge in [-0.2, -0.15) is 0 Å². The maximum atomic E-state index is 13.4. The van der Waals surface area contributed by atoms with Crippen LogP contribution in [0.15, 0.2) is 53.4 Å². The summed E-state index contributed by atoms with van der Waals surface area (Å²) in [6, 6.07) is 12.8. The summed E-state index contributed by atoms with van der Waals surface area (Å²) < 4.78 is 25.3. The smallest absolute Gasteiger partial charge is 0.242 e. The van der Waals surface area contributed by atoms with Crippen LogP contribution in [0.5, 0.6) is 0 Å². The molecule has 0 radical (unpaired) electrons. The molecule has 1 aliphatic rings. The van der Waals surface area contributed by atoms with Gasteiger partial charge >= 0.3 is 0 Å². The lowest BCUT2D eigenvalue weighted by atomic mass is 10.0. The molecule has 0 spiro atoms. The SMILES string of the molecule is C[C@H](NC(=O)C1(S(=O)(=O)c2ccc(Cl)cc2)CCCC1)c1ccc(Cl)cc1. The molecular weight excluding hydrogens is 405 g/mol. The second kappa shape index (κ2) is 7.82. The van der Waals surface area contributed by atoms with Crippen LogP contribution < -0.4 is 5.32 Å². The van der Waals surface area contributed by atoms with Gasteiger partial charge in [-0.1, -0.05) is 48.2 Å². The van der Waals surface area contributed by atoms with E-state index in [1.807, 2.05) is 19.1 Å². The first-order valence-electron chi connectivity index (χ1n) is 8.83. The monoisotopic (exact) mass is 425 g/mol. The summed E-state index contributed by atoms with van der Waals surface area (Å²) in [7, 11) is -3.84. The molecule has 1 aliphatic carbocycles. The minimum Gasteiger partial charge on any atom is -0.348 e. The van der Waals surface area contributed by atoms with Gasteiger partial charge in [0.1, 0.15) is 0 Å². The third-order valence-electron chi connectivity index (χ3n) is 5.18. The van der Waals surface area contributed by atoms with Crippen LogP contribution in [0.4, 0.5) is 0 Å². The Hall–Kier alpha value is -1.56. The average Bonchev–Trinajstić information content (AvgIpc) is 3.14. The number of carbonyl (C=O) groups excluding carboxylic acids is 1. The second-order valence-electron chi connectivity index (χ2n) is 6.91. The van der Waals surface area contributed by atoms with Crippen molar-refractivity contribution in [3.63, 3.8) is 0 Å². The van der Waals surface area contributed by atoms with Gasteiger partial charge in [-0.05, 0) is 61.7 Å². The number of benzene rings is 2. The molecular formula is C20H21Cl2NO3S. The van der Waals surface area contributed by atoms with Crippen LogP contribution >= 0.6 is 23.2 Å². The van der Waals surface area contributed by atoms with Crippen molar-refractivity contribution in [1.82, 2.24) is 5.32 Å². The third-order valence-corrected chi connectivity index (χ3v) is 8.20. The van der Waals surface area contributed by atoms with Crippen LogP contribution in [0.3, 0.4) is 0 Å². The lowest BCUT2D eigenvalue weighted by Gasteiger charge is -2.29. The van der Waals surface area contributed by atoms with Crippen LogP contribution in [0.2, 0.25) is 10.0 Å². The van der Waals surface area contributed by atoms with Crippen LogP contribution in [0.1, 0.15) is 44.2 Å². The van der Waals surface area contributed by atoms with Crippen molar-refractivity contribution in [3.05, 3.63) is 64.1 Å². The molecule has 0 saturated heterocycles. The molecule has 0 aromatic heterocycles. The normalized spacial score (nSPS) is 17.4. The average molecular weight is 426 g/mol. The molecule has 1 fully saturated rings. The molecule has 7 heteroatoms. The van der Waals surface area contributed by atoms with Gasteiger partial charge in [0.25, 0.3) is 0 Å².